The number of aryl methyl sites for hydroxylation is 1. The van der Waals surface area contributed by atoms with Crippen LogP contribution < -0.4 is 4.57 Å². The highest BCUT2D eigenvalue weighted by Gasteiger charge is 2.56. The van der Waals surface area contributed by atoms with Gasteiger partial charge in [-0.1, -0.05) is 32.0 Å². The highest BCUT2D eigenvalue weighted by molar-refractivity contribution is 5.67. The molecule has 0 N–H and O–H groups in total. The van der Waals surface area contributed by atoms with E-state index in [1.807, 2.05) is 0 Å². The predicted molar refractivity (Wildman–Crippen MR) is 88.4 cm³/mol. The van der Waals surface area contributed by atoms with Gasteiger partial charge in [-0.3, -0.25) is 0 Å². The molecule has 2 unspecified atom stereocenters. The van der Waals surface area contributed by atoms with Crippen LogP contribution in [0.4, 0.5) is 0 Å². The fraction of sp³-hybridized carbons (Fsp3) is 0.450. The van der Waals surface area contributed by atoms with E-state index in [1.54, 1.807) is 0 Å². The van der Waals surface area contributed by atoms with Crippen LogP contribution in [0, 0.1) is 6.92 Å². The second kappa shape index (κ2) is 4.69. The van der Waals surface area contributed by atoms with Crippen molar-refractivity contribution in [2.24, 2.45) is 0 Å². The molecular weight excluding hydrogens is 254 g/mol. The number of fused-ring (bicyclic) bond motifs is 3. The standard InChI is InChI=1S/C20H26N/c1-6-19(4)17-13-9-8-12-16(17)18-15(3)11-10-14-21(18)20(19,5)7-2/h8-14H,6-7H2,1-5H3/q+1. The van der Waals surface area contributed by atoms with Crippen LogP contribution in [0.1, 0.15) is 51.7 Å². The van der Waals surface area contributed by atoms with Gasteiger partial charge in [0.1, 0.15) is 0 Å². The van der Waals surface area contributed by atoms with E-state index in [9.17, 15) is 0 Å². The van der Waals surface area contributed by atoms with Crippen molar-refractivity contribution in [2.45, 2.75) is 58.4 Å². The number of benzene rings is 1. The maximum atomic E-state index is 2.54. The molecule has 1 heteroatoms. The highest BCUT2D eigenvalue weighted by Crippen LogP contribution is 2.49. The molecule has 0 fully saturated rings. The number of hydrogen-bond donors (Lipinski definition) is 0. The van der Waals surface area contributed by atoms with Crippen LogP contribution in [0.25, 0.3) is 11.3 Å². The van der Waals surface area contributed by atoms with Gasteiger partial charge in [0, 0.05) is 25.0 Å². The van der Waals surface area contributed by atoms with Crippen LogP contribution in [0.3, 0.4) is 0 Å². The van der Waals surface area contributed by atoms with Crippen molar-refractivity contribution in [2.75, 3.05) is 0 Å². The van der Waals surface area contributed by atoms with Gasteiger partial charge in [-0.15, -0.1) is 0 Å². The minimum Gasteiger partial charge on any atom is -0.192 e. The average molecular weight is 280 g/mol. The summed E-state index contributed by atoms with van der Waals surface area (Å²) in [7, 11) is 0. The van der Waals surface area contributed by atoms with Crippen molar-refractivity contribution < 1.29 is 4.57 Å². The number of hydrogen-bond acceptors (Lipinski definition) is 0. The van der Waals surface area contributed by atoms with Crippen LogP contribution >= 0.6 is 0 Å². The van der Waals surface area contributed by atoms with Gasteiger partial charge < -0.3 is 0 Å². The molecule has 2 atom stereocenters. The fourth-order valence-corrected chi connectivity index (χ4v) is 4.23. The molecule has 0 saturated carbocycles. The van der Waals surface area contributed by atoms with Crippen LogP contribution in [0.15, 0.2) is 42.6 Å². The SMILES string of the molecule is CCC1(C)c2ccccc2-c2c(C)ccc[n+]2C1(C)CC. The van der Waals surface area contributed by atoms with Crippen molar-refractivity contribution in [3.05, 3.63) is 53.7 Å². The Morgan fingerprint density at radius 3 is 2.33 bits per heavy atom. The molecule has 1 aliphatic heterocycles. The summed E-state index contributed by atoms with van der Waals surface area (Å²) in [5, 5.41) is 0. The lowest BCUT2D eigenvalue weighted by Gasteiger charge is -2.46. The first kappa shape index (κ1) is 14.3. The zero-order chi connectivity index (χ0) is 15.3. The Kier molecular flexibility index (Phi) is 3.20. The van der Waals surface area contributed by atoms with Crippen molar-refractivity contribution in [3.8, 4) is 11.3 Å². The Balaban J connectivity index is 2.47. The van der Waals surface area contributed by atoms with E-state index < -0.39 is 0 Å². The molecule has 0 amide bonds. The van der Waals surface area contributed by atoms with E-state index in [0.717, 1.165) is 12.8 Å². The lowest BCUT2D eigenvalue weighted by molar-refractivity contribution is -0.765. The molecular formula is C20H26N+. The first-order valence-electron chi connectivity index (χ1n) is 8.11. The predicted octanol–water partition coefficient (Wildman–Crippen LogP) is 4.76. The molecule has 110 valence electrons. The van der Waals surface area contributed by atoms with Gasteiger partial charge in [0.2, 0.25) is 5.69 Å². The molecule has 0 saturated heterocycles. The summed E-state index contributed by atoms with van der Waals surface area (Å²) in [6.07, 6.45) is 4.55. The van der Waals surface area contributed by atoms with Crippen molar-refractivity contribution >= 4 is 0 Å². The van der Waals surface area contributed by atoms with Crippen molar-refractivity contribution in [3.63, 3.8) is 0 Å². The largest absolute Gasteiger partial charge is 0.216 e. The van der Waals surface area contributed by atoms with Crippen LogP contribution in [-0.4, -0.2) is 0 Å². The zero-order valence-corrected chi connectivity index (χ0v) is 13.9. The maximum Gasteiger partial charge on any atom is 0.216 e. The Bertz CT molecular complexity index is 688. The molecule has 3 rings (SSSR count). The maximum absolute atomic E-state index is 2.54. The Morgan fingerprint density at radius 1 is 0.952 bits per heavy atom. The summed E-state index contributed by atoms with van der Waals surface area (Å²) >= 11 is 0. The smallest absolute Gasteiger partial charge is 0.192 e. The molecule has 0 aliphatic carbocycles. The summed E-state index contributed by atoms with van der Waals surface area (Å²) in [6.45, 7) is 11.7. The first-order chi connectivity index (χ1) is 9.99. The Labute approximate surface area is 128 Å². The third-order valence-corrected chi connectivity index (χ3v) is 6.09. The minimum absolute atomic E-state index is 0.109. The van der Waals surface area contributed by atoms with E-state index in [1.165, 1.54) is 22.4 Å². The minimum atomic E-state index is 0.109. The third-order valence-electron chi connectivity index (χ3n) is 6.09. The number of nitrogens with zero attached hydrogens (tertiary/aromatic N) is 1. The summed E-state index contributed by atoms with van der Waals surface area (Å²) in [5.74, 6) is 0. The van der Waals surface area contributed by atoms with Crippen molar-refractivity contribution in [1.29, 1.82) is 0 Å². The first-order valence-corrected chi connectivity index (χ1v) is 8.11. The number of aromatic nitrogens is 1. The second-order valence-electron chi connectivity index (χ2n) is 6.77. The molecule has 1 aromatic heterocycles. The van der Waals surface area contributed by atoms with Crippen LogP contribution in [0.5, 0.6) is 0 Å². The van der Waals surface area contributed by atoms with E-state index in [-0.39, 0.29) is 11.0 Å². The molecule has 1 nitrogen and oxygen atoms in total. The van der Waals surface area contributed by atoms with Gasteiger partial charge >= 0.3 is 0 Å². The topological polar surface area (TPSA) is 3.88 Å². The zero-order valence-electron chi connectivity index (χ0n) is 13.9. The van der Waals surface area contributed by atoms with Crippen LogP contribution in [-0.2, 0) is 11.0 Å². The van der Waals surface area contributed by atoms with E-state index in [2.05, 4.69) is 81.8 Å². The van der Waals surface area contributed by atoms with E-state index in [0.29, 0.717) is 0 Å². The lowest BCUT2D eigenvalue weighted by atomic mass is 9.60. The van der Waals surface area contributed by atoms with Gasteiger partial charge in [-0.05, 0) is 38.0 Å². The fourth-order valence-electron chi connectivity index (χ4n) is 4.23. The Hall–Kier alpha value is -1.63. The highest BCUT2D eigenvalue weighted by atomic mass is 15.1. The molecule has 0 bridgehead atoms. The molecule has 1 aromatic carbocycles. The quantitative estimate of drug-likeness (QED) is 0.699. The van der Waals surface area contributed by atoms with E-state index in [4.69, 9.17) is 0 Å². The van der Waals surface area contributed by atoms with Gasteiger partial charge in [0.25, 0.3) is 0 Å². The third kappa shape index (κ3) is 1.67. The van der Waals surface area contributed by atoms with Crippen LogP contribution in [0.2, 0.25) is 0 Å². The van der Waals surface area contributed by atoms with Gasteiger partial charge in [0.05, 0.1) is 11.0 Å². The molecule has 21 heavy (non-hydrogen) atoms. The monoisotopic (exact) mass is 280 g/mol. The Morgan fingerprint density at radius 2 is 1.67 bits per heavy atom. The lowest BCUT2D eigenvalue weighted by Crippen LogP contribution is -2.67. The van der Waals surface area contributed by atoms with Gasteiger partial charge in [-0.2, -0.15) is 4.57 Å². The van der Waals surface area contributed by atoms with E-state index >= 15 is 0 Å². The van der Waals surface area contributed by atoms with Gasteiger partial charge in [-0.25, -0.2) is 0 Å². The summed E-state index contributed by atoms with van der Waals surface area (Å²) in [5.41, 5.74) is 5.93. The normalized spacial score (nSPS) is 27.1. The van der Waals surface area contributed by atoms with Crippen molar-refractivity contribution in [1.82, 2.24) is 0 Å². The van der Waals surface area contributed by atoms with Gasteiger partial charge in [0.15, 0.2) is 11.7 Å². The molecule has 1 aliphatic rings. The molecule has 2 heterocycles. The average Bonchev–Trinajstić information content (AvgIpc) is 2.52. The molecule has 0 spiro atoms. The molecule has 0 radical (unpaired) electrons. The number of pyridine rings is 1. The summed E-state index contributed by atoms with van der Waals surface area (Å²) < 4.78 is 2.54. The number of rotatable bonds is 2. The summed E-state index contributed by atoms with van der Waals surface area (Å²) in [4.78, 5) is 0. The molecule has 2 aromatic rings. The summed E-state index contributed by atoms with van der Waals surface area (Å²) in [6, 6.07) is 13.4. The second-order valence-corrected chi connectivity index (χ2v) is 6.77.